The first-order valence-corrected chi connectivity index (χ1v) is 12.2. The third kappa shape index (κ3) is 4.46. The van der Waals surface area contributed by atoms with Gasteiger partial charge in [0.05, 0.1) is 25.5 Å². The van der Waals surface area contributed by atoms with Gasteiger partial charge in [0.1, 0.15) is 17.8 Å². The molecule has 0 saturated heterocycles. The lowest BCUT2D eigenvalue weighted by Crippen LogP contribution is -2.14. The molecule has 5 aromatic rings. The Labute approximate surface area is 224 Å². The Balaban J connectivity index is 1.32. The van der Waals surface area contributed by atoms with Gasteiger partial charge < -0.3 is 24.2 Å². The second-order valence-corrected chi connectivity index (χ2v) is 8.95. The van der Waals surface area contributed by atoms with E-state index in [1.807, 2.05) is 61.5 Å². The average Bonchev–Trinajstić information content (AvgIpc) is 3.39. The molecule has 2 aromatic heterocycles. The lowest BCUT2D eigenvalue weighted by molar-refractivity contribution is 0.125. The van der Waals surface area contributed by atoms with Crippen molar-refractivity contribution >= 4 is 11.4 Å². The van der Waals surface area contributed by atoms with Crippen molar-refractivity contribution < 1.29 is 24.2 Å². The number of hydrogen-bond donors (Lipinski definition) is 1. The number of ether oxygens (including phenoxy) is 3. The van der Waals surface area contributed by atoms with E-state index in [4.69, 9.17) is 24.0 Å². The number of hydrogen-bond acceptors (Lipinski definition) is 9. The van der Waals surface area contributed by atoms with Gasteiger partial charge in [0.25, 0.3) is 0 Å². The molecule has 0 aliphatic carbocycles. The van der Waals surface area contributed by atoms with Gasteiger partial charge in [-0.15, -0.1) is 5.10 Å². The zero-order valence-corrected chi connectivity index (χ0v) is 21.5. The first-order chi connectivity index (χ1) is 19.1. The minimum absolute atomic E-state index is 0.0579. The second-order valence-electron chi connectivity index (χ2n) is 8.95. The van der Waals surface area contributed by atoms with Crippen LogP contribution in [0.25, 0.3) is 5.65 Å². The quantitative estimate of drug-likeness (QED) is 0.228. The summed E-state index contributed by atoms with van der Waals surface area (Å²) in [7, 11) is 3.18. The van der Waals surface area contributed by atoms with Crippen molar-refractivity contribution in [3.63, 3.8) is 0 Å². The fourth-order valence-electron chi connectivity index (χ4n) is 4.70. The van der Waals surface area contributed by atoms with Crippen LogP contribution in [0.15, 0.2) is 78.2 Å². The molecule has 1 N–H and O–H groups in total. The van der Waals surface area contributed by atoms with Crippen molar-refractivity contribution in [1.82, 2.24) is 19.6 Å². The molecule has 1 aliphatic rings. The van der Waals surface area contributed by atoms with Gasteiger partial charge >= 0.3 is 0 Å². The number of aromatic hydroxyl groups is 1. The number of nitrogens with zero attached hydrogens (tertiary/aromatic N) is 5. The number of benzene rings is 3. The maximum Gasteiger partial charge on any atom is 0.228 e. The van der Waals surface area contributed by atoms with E-state index < -0.39 is 0 Å². The molecule has 1 atom stereocenters. The lowest BCUT2D eigenvalue weighted by atomic mass is 9.84. The van der Waals surface area contributed by atoms with Crippen LogP contribution in [0.1, 0.15) is 40.9 Å². The Hall–Kier alpha value is -5.12. The van der Waals surface area contributed by atoms with Crippen molar-refractivity contribution in [2.45, 2.75) is 19.4 Å². The van der Waals surface area contributed by atoms with Crippen LogP contribution < -0.4 is 14.2 Å². The largest absolute Gasteiger partial charge is 0.508 e. The predicted octanol–water partition coefficient (Wildman–Crippen LogP) is 5.07. The Morgan fingerprint density at radius 2 is 1.85 bits per heavy atom. The van der Waals surface area contributed by atoms with Crippen LogP contribution in [0.5, 0.6) is 28.9 Å². The summed E-state index contributed by atoms with van der Waals surface area (Å²) in [6.07, 6.45) is 1.55. The maximum absolute atomic E-state index is 10.0. The Kier molecular flexibility index (Phi) is 6.20. The highest BCUT2D eigenvalue weighted by molar-refractivity contribution is 5.98. The molecular formula is C29H25N5O5. The topological polar surface area (TPSA) is 113 Å². The van der Waals surface area contributed by atoms with Crippen LogP contribution in [0.2, 0.25) is 0 Å². The summed E-state index contributed by atoms with van der Waals surface area (Å²) < 4.78 is 18.4. The van der Waals surface area contributed by atoms with E-state index in [0.29, 0.717) is 40.3 Å². The van der Waals surface area contributed by atoms with E-state index in [-0.39, 0.29) is 18.3 Å². The number of rotatable bonds is 7. The Bertz CT molecular complexity index is 1700. The molecule has 0 bridgehead atoms. The van der Waals surface area contributed by atoms with Gasteiger partial charge in [-0.2, -0.15) is 0 Å². The van der Waals surface area contributed by atoms with Crippen LogP contribution >= 0.6 is 0 Å². The highest BCUT2D eigenvalue weighted by atomic mass is 16.6. The number of oxime groups is 1. The molecule has 3 aromatic carbocycles. The number of phenols is 1. The molecule has 0 radical (unpaired) electrons. The standard InChI is InChI=1S/C29H25N5O5/c1-17(19-9-12-22(36-2)24(13-19)37-3)33-38-15-25-31-28-27-26(18-7-5-4-6-8-18)21-11-10-20(35)14-23(21)39-29(27)30-16-34(28)32-25/h4-14,16,26,35H,15H2,1-3H3. The molecule has 39 heavy (non-hydrogen) atoms. The molecule has 10 nitrogen and oxygen atoms in total. The first-order valence-electron chi connectivity index (χ1n) is 12.2. The number of phenolic OH excluding ortho intramolecular Hbond substituents is 1. The molecule has 10 heteroatoms. The fourth-order valence-corrected chi connectivity index (χ4v) is 4.70. The molecule has 6 rings (SSSR count). The lowest BCUT2D eigenvalue weighted by Gasteiger charge is -2.27. The zero-order valence-electron chi connectivity index (χ0n) is 21.5. The van der Waals surface area contributed by atoms with E-state index in [9.17, 15) is 5.11 Å². The molecule has 196 valence electrons. The molecule has 3 heterocycles. The van der Waals surface area contributed by atoms with Crippen molar-refractivity contribution in [3.8, 4) is 28.9 Å². The maximum atomic E-state index is 10.0. The van der Waals surface area contributed by atoms with Gasteiger partial charge in [0, 0.05) is 23.1 Å². The van der Waals surface area contributed by atoms with Crippen LogP contribution in [0.3, 0.4) is 0 Å². The molecule has 1 unspecified atom stereocenters. The van der Waals surface area contributed by atoms with Gasteiger partial charge in [0.15, 0.2) is 29.6 Å². The summed E-state index contributed by atoms with van der Waals surface area (Å²) in [6.45, 7) is 1.90. The average molecular weight is 524 g/mol. The number of fused-ring (bicyclic) bond motifs is 4. The molecular weight excluding hydrogens is 498 g/mol. The smallest absolute Gasteiger partial charge is 0.228 e. The van der Waals surface area contributed by atoms with Gasteiger partial charge in [-0.25, -0.2) is 14.5 Å². The van der Waals surface area contributed by atoms with Crippen LogP contribution in [0.4, 0.5) is 0 Å². The number of aromatic nitrogens is 4. The Morgan fingerprint density at radius 1 is 1.03 bits per heavy atom. The SMILES string of the molecule is COc1ccc(C(C)=NOCc2nc3c4c(ncn3n2)Oc2cc(O)ccc2C4c2ccccc2)cc1OC. The highest BCUT2D eigenvalue weighted by Gasteiger charge is 2.33. The van der Waals surface area contributed by atoms with Crippen molar-refractivity contribution in [2.24, 2.45) is 5.16 Å². The third-order valence-corrected chi connectivity index (χ3v) is 6.56. The summed E-state index contributed by atoms with van der Waals surface area (Å²) in [5.41, 5.74) is 4.83. The first kappa shape index (κ1) is 24.2. The summed E-state index contributed by atoms with van der Waals surface area (Å²) in [6, 6.07) is 20.7. The number of methoxy groups -OCH3 is 2. The van der Waals surface area contributed by atoms with Crippen LogP contribution in [-0.2, 0) is 11.4 Å². The highest BCUT2D eigenvalue weighted by Crippen LogP contribution is 2.48. The van der Waals surface area contributed by atoms with Crippen molar-refractivity contribution in [1.29, 1.82) is 0 Å². The molecule has 0 spiro atoms. The van der Waals surface area contributed by atoms with E-state index in [0.717, 1.165) is 22.3 Å². The van der Waals surface area contributed by atoms with E-state index in [1.54, 1.807) is 37.2 Å². The third-order valence-electron chi connectivity index (χ3n) is 6.56. The van der Waals surface area contributed by atoms with Crippen LogP contribution in [-0.4, -0.2) is 44.6 Å². The monoisotopic (exact) mass is 523 g/mol. The second kappa shape index (κ2) is 9.97. The zero-order chi connectivity index (χ0) is 26.9. The van der Waals surface area contributed by atoms with E-state index in [2.05, 4.69) is 15.2 Å². The van der Waals surface area contributed by atoms with E-state index in [1.165, 1.54) is 0 Å². The predicted molar refractivity (Wildman–Crippen MR) is 143 cm³/mol. The molecule has 0 fully saturated rings. The van der Waals surface area contributed by atoms with Gasteiger partial charge in [-0.1, -0.05) is 41.6 Å². The van der Waals surface area contributed by atoms with Gasteiger partial charge in [-0.3, -0.25) is 0 Å². The normalized spacial score (nSPS) is 14.3. The minimum atomic E-state index is -0.218. The molecule has 0 amide bonds. The van der Waals surface area contributed by atoms with E-state index >= 15 is 0 Å². The summed E-state index contributed by atoms with van der Waals surface area (Å²) in [5.74, 6) is 2.56. The summed E-state index contributed by atoms with van der Waals surface area (Å²) in [5, 5.41) is 18.9. The van der Waals surface area contributed by atoms with Crippen molar-refractivity contribution in [3.05, 3.63) is 101 Å². The Morgan fingerprint density at radius 3 is 2.64 bits per heavy atom. The fraction of sp³-hybridized carbons (Fsp3) is 0.172. The molecule has 0 saturated carbocycles. The van der Waals surface area contributed by atoms with Crippen molar-refractivity contribution in [2.75, 3.05) is 14.2 Å². The summed E-state index contributed by atoms with van der Waals surface area (Å²) >= 11 is 0. The molecule has 1 aliphatic heterocycles. The van der Waals surface area contributed by atoms with Crippen LogP contribution in [0, 0.1) is 0 Å². The van der Waals surface area contributed by atoms with Gasteiger partial charge in [0.2, 0.25) is 5.88 Å². The van der Waals surface area contributed by atoms with Gasteiger partial charge in [-0.05, 0) is 36.8 Å². The summed E-state index contributed by atoms with van der Waals surface area (Å²) in [4.78, 5) is 14.9. The minimum Gasteiger partial charge on any atom is -0.508 e.